The fourth-order valence-corrected chi connectivity index (χ4v) is 1.77. The Hall–Kier alpha value is -1.62. The molecule has 1 N–H and O–H groups in total. The van der Waals surface area contributed by atoms with Gasteiger partial charge in [-0.2, -0.15) is 9.61 Å². The number of halogens is 1. The molecule has 0 spiro atoms. The molecule has 0 amide bonds. The van der Waals surface area contributed by atoms with Crippen molar-refractivity contribution in [3.63, 3.8) is 0 Å². The molecule has 6 heteroatoms. The zero-order chi connectivity index (χ0) is 12.4. The molecular formula is C11H13ClN4O. The molecule has 0 aliphatic rings. The van der Waals surface area contributed by atoms with Crippen molar-refractivity contribution in [3.8, 4) is 0 Å². The minimum Gasteiger partial charge on any atom is -0.370 e. The van der Waals surface area contributed by atoms with Crippen molar-refractivity contribution in [2.45, 2.75) is 20.3 Å². The highest BCUT2D eigenvalue weighted by Gasteiger charge is 2.13. The number of hydrogen-bond acceptors (Lipinski definition) is 4. The summed E-state index contributed by atoms with van der Waals surface area (Å²) in [6, 6.07) is 0. The summed E-state index contributed by atoms with van der Waals surface area (Å²) < 4.78 is 1.61. The van der Waals surface area contributed by atoms with Gasteiger partial charge in [-0.1, -0.05) is 18.5 Å². The van der Waals surface area contributed by atoms with E-state index in [0.717, 1.165) is 30.6 Å². The fraction of sp³-hybridized carbons (Fsp3) is 0.364. The molecule has 0 radical (unpaired) electrons. The summed E-state index contributed by atoms with van der Waals surface area (Å²) in [4.78, 5) is 15.0. The molecule has 17 heavy (non-hydrogen) atoms. The van der Waals surface area contributed by atoms with E-state index in [1.165, 1.54) is 6.20 Å². The molecule has 0 atom stereocenters. The van der Waals surface area contributed by atoms with Gasteiger partial charge in [0.1, 0.15) is 11.0 Å². The third kappa shape index (κ3) is 1.98. The number of aromatic nitrogens is 3. The van der Waals surface area contributed by atoms with Crippen LogP contribution in [0.5, 0.6) is 0 Å². The Morgan fingerprint density at radius 1 is 1.59 bits per heavy atom. The highest BCUT2D eigenvalue weighted by atomic mass is 35.5. The van der Waals surface area contributed by atoms with E-state index in [-0.39, 0.29) is 0 Å². The van der Waals surface area contributed by atoms with Gasteiger partial charge in [-0.25, -0.2) is 4.98 Å². The minimum absolute atomic E-state index is 0.389. The molecule has 0 fully saturated rings. The van der Waals surface area contributed by atoms with E-state index in [1.54, 1.807) is 4.52 Å². The molecule has 2 aromatic rings. The molecule has 0 saturated carbocycles. The summed E-state index contributed by atoms with van der Waals surface area (Å²) >= 11 is 6.05. The second kappa shape index (κ2) is 4.71. The van der Waals surface area contributed by atoms with Gasteiger partial charge in [0.15, 0.2) is 11.9 Å². The molecule has 0 unspecified atom stereocenters. The first-order chi connectivity index (χ1) is 8.19. The van der Waals surface area contributed by atoms with Crippen molar-refractivity contribution >= 4 is 29.4 Å². The van der Waals surface area contributed by atoms with Gasteiger partial charge < -0.3 is 5.32 Å². The Labute approximate surface area is 104 Å². The predicted octanol–water partition coefficient (Wildman–Crippen LogP) is 2.33. The van der Waals surface area contributed by atoms with Crippen molar-refractivity contribution < 1.29 is 4.79 Å². The van der Waals surface area contributed by atoms with Crippen LogP contribution in [0.3, 0.4) is 0 Å². The lowest BCUT2D eigenvalue weighted by atomic mass is 10.3. The topological polar surface area (TPSA) is 59.3 Å². The summed E-state index contributed by atoms with van der Waals surface area (Å²) in [5.41, 5.74) is 1.74. The summed E-state index contributed by atoms with van der Waals surface area (Å²) in [5, 5.41) is 7.78. The molecule has 2 rings (SSSR count). The largest absolute Gasteiger partial charge is 0.370 e. The molecule has 0 bridgehead atoms. The summed E-state index contributed by atoms with van der Waals surface area (Å²) in [5.74, 6) is 0.787. The van der Waals surface area contributed by atoms with E-state index in [2.05, 4.69) is 22.3 Å². The van der Waals surface area contributed by atoms with E-state index in [0.29, 0.717) is 16.4 Å². The Kier molecular flexibility index (Phi) is 3.28. The minimum atomic E-state index is 0.389. The molecule has 2 aromatic heterocycles. The maximum absolute atomic E-state index is 10.8. The number of rotatable bonds is 4. The Morgan fingerprint density at radius 2 is 2.35 bits per heavy atom. The summed E-state index contributed by atoms with van der Waals surface area (Å²) in [7, 11) is 0. The number of anilines is 1. The van der Waals surface area contributed by atoms with Crippen LogP contribution >= 0.6 is 11.6 Å². The lowest BCUT2D eigenvalue weighted by molar-refractivity contribution is 0.112. The molecule has 2 heterocycles. The van der Waals surface area contributed by atoms with Crippen LogP contribution < -0.4 is 5.32 Å². The third-order valence-electron chi connectivity index (χ3n) is 2.52. The van der Waals surface area contributed by atoms with Crippen LogP contribution in [0.2, 0.25) is 5.15 Å². The van der Waals surface area contributed by atoms with Gasteiger partial charge >= 0.3 is 0 Å². The van der Waals surface area contributed by atoms with E-state index < -0.39 is 0 Å². The lowest BCUT2D eigenvalue weighted by Crippen LogP contribution is -2.09. The maximum atomic E-state index is 10.8. The third-order valence-corrected chi connectivity index (χ3v) is 2.89. The van der Waals surface area contributed by atoms with Crippen molar-refractivity contribution in [2.75, 3.05) is 11.9 Å². The Bertz CT molecular complexity index is 564. The highest BCUT2D eigenvalue weighted by Crippen LogP contribution is 2.24. The number of hydrogen-bond donors (Lipinski definition) is 1. The number of nitrogens with zero attached hydrogens (tertiary/aromatic N) is 3. The second-order valence-corrected chi connectivity index (χ2v) is 4.11. The molecule has 0 aliphatic heterocycles. The number of aldehydes is 1. The van der Waals surface area contributed by atoms with Gasteiger partial charge in [0, 0.05) is 12.1 Å². The quantitative estimate of drug-likeness (QED) is 0.670. The molecule has 0 aliphatic carbocycles. The van der Waals surface area contributed by atoms with E-state index >= 15 is 0 Å². The Morgan fingerprint density at radius 3 is 3.00 bits per heavy atom. The van der Waals surface area contributed by atoms with Crippen LogP contribution in [-0.2, 0) is 0 Å². The molecular weight excluding hydrogens is 240 g/mol. The van der Waals surface area contributed by atoms with Crippen LogP contribution in [0.1, 0.15) is 29.3 Å². The summed E-state index contributed by atoms with van der Waals surface area (Å²) in [6.45, 7) is 4.75. The van der Waals surface area contributed by atoms with Crippen LogP contribution in [0, 0.1) is 6.92 Å². The number of carbonyl (C=O) groups is 1. The standard InChI is InChI=1S/C11H13ClN4O/c1-3-4-13-10-7(2)9(12)15-11-8(6-17)5-14-16(10)11/h5-6,13H,3-4H2,1-2H3. The second-order valence-electron chi connectivity index (χ2n) is 3.76. The predicted molar refractivity (Wildman–Crippen MR) is 66.9 cm³/mol. The molecule has 0 aromatic carbocycles. The first kappa shape index (κ1) is 11.9. The maximum Gasteiger partial charge on any atom is 0.169 e. The average Bonchev–Trinajstić information content (AvgIpc) is 2.72. The van der Waals surface area contributed by atoms with Crippen molar-refractivity contribution in [1.82, 2.24) is 14.6 Å². The fourth-order valence-electron chi connectivity index (χ4n) is 1.60. The number of carbonyl (C=O) groups excluding carboxylic acids is 1. The van der Waals surface area contributed by atoms with Gasteiger partial charge in [0.05, 0.1) is 11.8 Å². The van der Waals surface area contributed by atoms with Gasteiger partial charge in [-0.15, -0.1) is 0 Å². The van der Waals surface area contributed by atoms with Gasteiger partial charge in [0.2, 0.25) is 0 Å². The first-order valence-electron chi connectivity index (χ1n) is 5.42. The molecule has 5 nitrogen and oxygen atoms in total. The zero-order valence-corrected chi connectivity index (χ0v) is 10.5. The van der Waals surface area contributed by atoms with Crippen molar-refractivity contribution in [1.29, 1.82) is 0 Å². The monoisotopic (exact) mass is 252 g/mol. The normalized spacial score (nSPS) is 10.8. The van der Waals surface area contributed by atoms with E-state index in [1.807, 2.05) is 6.92 Å². The van der Waals surface area contributed by atoms with E-state index in [9.17, 15) is 4.79 Å². The average molecular weight is 253 g/mol. The van der Waals surface area contributed by atoms with Gasteiger partial charge in [-0.3, -0.25) is 4.79 Å². The smallest absolute Gasteiger partial charge is 0.169 e. The SMILES string of the molecule is CCCNc1c(C)c(Cl)nc2c(C=O)cnn12. The van der Waals surface area contributed by atoms with Crippen LogP contribution in [0.4, 0.5) is 5.82 Å². The number of fused-ring (bicyclic) bond motifs is 1. The van der Waals surface area contributed by atoms with Crippen molar-refractivity contribution in [3.05, 3.63) is 22.5 Å². The molecule has 0 saturated heterocycles. The Balaban J connectivity index is 2.65. The van der Waals surface area contributed by atoms with E-state index in [4.69, 9.17) is 11.6 Å². The zero-order valence-electron chi connectivity index (χ0n) is 9.70. The highest BCUT2D eigenvalue weighted by molar-refractivity contribution is 6.30. The first-order valence-corrected chi connectivity index (χ1v) is 5.79. The van der Waals surface area contributed by atoms with Crippen LogP contribution in [0.15, 0.2) is 6.20 Å². The van der Waals surface area contributed by atoms with Gasteiger partial charge in [0.25, 0.3) is 0 Å². The van der Waals surface area contributed by atoms with Gasteiger partial charge in [-0.05, 0) is 13.3 Å². The van der Waals surface area contributed by atoms with Crippen LogP contribution in [-0.4, -0.2) is 27.4 Å². The molecule has 90 valence electrons. The van der Waals surface area contributed by atoms with Crippen LogP contribution in [0.25, 0.3) is 5.65 Å². The van der Waals surface area contributed by atoms with Crippen molar-refractivity contribution in [2.24, 2.45) is 0 Å². The number of nitrogens with one attached hydrogen (secondary N) is 1. The lowest BCUT2D eigenvalue weighted by Gasteiger charge is -2.11. The summed E-state index contributed by atoms with van der Waals surface area (Å²) in [6.07, 6.45) is 3.20.